The van der Waals surface area contributed by atoms with E-state index < -0.39 is 5.97 Å². The monoisotopic (exact) mass is 197 g/mol. The van der Waals surface area contributed by atoms with E-state index in [1.54, 1.807) is 12.1 Å². The summed E-state index contributed by atoms with van der Waals surface area (Å²) in [7, 11) is 8.50. The second kappa shape index (κ2) is 5.34. The topological polar surface area (TPSA) is 50.2 Å². The fourth-order valence-corrected chi connectivity index (χ4v) is 0.489. The number of hydrogen-bond donors (Lipinski definition) is 1. The van der Waals surface area contributed by atoms with Gasteiger partial charge in [-0.25, -0.2) is 9.78 Å². The molecule has 0 bridgehead atoms. The number of aromatic nitrogens is 1. The van der Waals surface area contributed by atoms with Gasteiger partial charge in [0.1, 0.15) is 5.69 Å². The van der Waals surface area contributed by atoms with Gasteiger partial charge in [0.05, 0.1) is 28.2 Å². The van der Waals surface area contributed by atoms with Gasteiger partial charge in [0.15, 0.2) is 0 Å². The molecule has 1 N–H and O–H groups in total. The molecule has 0 radical (unpaired) electrons. The molecule has 4 heteroatoms. The molecule has 4 nitrogen and oxygen atoms in total. The van der Waals surface area contributed by atoms with Crippen LogP contribution in [0.2, 0.25) is 0 Å². The minimum absolute atomic E-state index is 0.0810. The molecule has 0 aromatic carbocycles. The maximum atomic E-state index is 10.1. The lowest BCUT2D eigenvalue weighted by molar-refractivity contribution is -0.849. The zero-order valence-electron chi connectivity index (χ0n) is 9.06. The molecule has 1 aromatic rings. The van der Waals surface area contributed by atoms with Crippen LogP contribution in [0, 0.1) is 0 Å². The van der Waals surface area contributed by atoms with Crippen LogP contribution in [0.3, 0.4) is 0 Å². The fourth-order valence-electron chi connectivity index (χ4n) is 0.489. The molecule has 0 aliphatic carbocycles. The summed E-state index contributed by atoms with van der Waals surface area (Å²) in [5, 5.41) is 8.32. The van der Waals surface area contributed by atoms with Gasteiger partial charge in [-0.05, 0) is 12.1 Å². The highest BCUT2D eigenvalue weighted by atomic mass is 16.4. The quantitative estimate of drug-likeness (QED) is 0.686. The van der Waals surface area contributed by atoms with Gasteiger partial charge in [-0.1, -0.05) is 6.07 Å². The summed E-state index contributed by atoms with van der Waals surface area (Å²) in [4.78, 5) is 13.7. The number of hydrogen-bond acceptors (Lipinski definition) is 2. The highest BCUT2D eigenvalue weighted by Crippen LogP contribution is 1.90. The van der Waals surface area contributed by atoms with E-state index in [9.17, 15) is 4.79 Å². The largest absolute Gasteiger partial charge is 0.477 e. The number of aromatic carboxylic acids is 1. The van der Waals surface area contributed by atoms with Crippen molar-refractivity contribution in [3.8, 4) is 0 Å². The maximum absolute atomic E-state index is 10.1. The molecule has 0 saturated heterocycles. The van der Waals surface area contributed by atoms with E-state index in [-0.39, 0.29) is 5.69 Å². The van der Waals surface area contributed by atoms with E-state index in [1.807, 2.05) is 0 Å². The highest BCUT2D eigenvalue weighted by molar-refractivity contribution is 5.85. The molecule has 1 aromatic heterocycles. The number of pyridine rings is 1. The van der Waals surface area contributed by atoms with Gasteiger partial charge < -0.3 is 9.59 Å². The van der Waals surface area contributed by atoms with E-state index in [0.29, 0.717) is 0 Å². The Labute approximate surface area is 84.4 Å². The lowest BCUT2D eigenvalue weighted by atomic mass is 10.4. The van der Waals surface area contributed by atoms with E-state index in [0.717, 1.165) is 4.48 Å². The van der Waals surface area contributed by atoms with Gasteiger partial charge >= 0.3 is 5.97 Å². The summed E-state index contributed by atoms with van der Waals surface area (Å²) >= 11 is 0. The molecule has 0 spiro atoms. The average molecular weight is 197 g/mol. The predicted molar refractivity (Wildman–Crippen MR) is 55.2 cm³/mol. The van der Waals surface area contributed by atoms with Crippen molar-refractivity contribution >= 4 is 5.97 Å². The van der Waals surface area contributed by atoms with Crippen LogP contribution in [0.5, 0.6) is 0 Å². The summed E-state index contributed by atoms with van der Waals surface area (Å²) < 4.78 is 1.00. The van der Waals surface area contributed by atoms with Gasteiger partial charge in [0.25, 0.3) is 0 Å². The van der Waals surface area contributed by atoms with Crippen molar-refractivity contribution in [1.82, 2.24) is 4.98 Å². The zero-order valence-corrected chi connectivity index (χ0v) is 9.06. The van der Waals surface area contributed by atoms with Crippen molar-refractivity contribution in [1.29, 1.82) is 0 Å². The van der Waals surface area contributed by atoms with Crippen LogP contribution in [0.15, 0.2) is 24.4 Å². The third-order valence-corrected chi connectivity index (χ3v) is 0.884. The number of carboxylic acid groups (broad SMARTS) is 1. The highest BCUT2D eigenvalue weighted by Gasteiger charge is 1.98. The summed E-state index contributed by atoms with van der Waals surface area (Å²) in [5.74, 6) is -0.990. The number of carbonyl (C=O) groups is 1. The summed E-state index contributed by atoms with van der Waals surface area (Å²) in [6.07, 6.45) is 1.45. The molecule has 0 saturated carbocycles. The Morgan fingerprint density at radius 3 is 2.00 bits per heavy atom. The Balaban J connectivity index is 0.000000292. The first kappa shape index (κ1) is 12.6. The van der Waals surface area contributed by atoms with Crippen LogP contribution in [-0.2, 0) is 0 Å². The van der Waals surface area contributed by atoms with E-state index >= 15 is 0 Å². The Kier molecular flexibility index (Phi) is 4.80. The molecule has 0 unspecified atom stereocenters. The Morgan fingerprint density at radius 2 is 1.79 bits per heavy atom. The fraction of sp³-hybridized carbons (Fsp3) is 0.400. The van der Waals surface area contributed by atoms with Crippen molar-refractivity contribution in [3.05, 3.63) is 30.1 Å². The Hall–Kier alpha value is -1.42. The molecule has 14 heavy (non-hydrogen) atoms. The lowest BCUT2D eigenvalue weighted by Crippen LogP contribution is -2.27. The number of rotatable bonds is 1. The molecular weight excluding hydrogens is 180 g/mol. The van der Waals surface area contributed by atoms with Crippen molar-refractivity contribution in [2.75, 3.05) is 28.2 Å². The van der Waals surface area contributed by atoms with Gasteiger partial charge in [0.2, 0.25) is 0 Å². The second-order valence-corrected chi connectivity index (χ2v) is 4.20. The molecule has 0 aliphatic heterocycles. The zero-order chi connectivity index (χ0) is 11.2. The molecular formula is C10H17N2O2+. The minimum Gasteiger partial charge on any atom is -0.477 e. The molecule has 0 aliphatic rings. The standard InChI is InChI=1S/C6H5NO2.C4H12N/c8-6(9)5-3-1-2-4-7-5;1-5(2,3)4/h1-4H,(H,8,9);1-4H3/q;+1. The van der Waals surface area contributed by atoms with Crippen molar-refractivity contribution < 1.29 is 14.4 Å². The first-order chi connectivity index (χ1) is 6.30. The SMILES string of the molecule is C[N+](C)(C)C.O=C(O)c1ccccn1. The molecule has 78 valence electrons. The maximum Gasteiger partial charge on any atom is 0.354 e. The normalized spacial score (nSPS) is 10.0. The van der Waals surface area contributed by atoms with Crippen molar-refractivity contribution in [3.63, 3.8) is 0 Å². The summed E-state index contributed by atoms with van der Waals surface area (Å²) in [6, 6.07) is 4.76. The second-order valence-electron chi connectivity index (χ2n) is 4.20. The van der Waals surface area contributed by atoms with Gasteiger partial charge in [-0.2, -0.15) is 0 Å². The average Bonchev–Trinajstić information content (AvgIpc) is 2.03. The molecule has 0 atom stereocenters. The third-order valence-electron chi connectivity index (χ3n) is 0.884. The Bertz CT molecular complexity index is 272. The van der Waals surface area contributed by atoms with Gasteiger partial charge in [0, 0.05) is 6.20 Å². The van der Waals surface area contributed by atoms with Crippen LogP contribution < -0.4 is 0 Å². The van der Waals surface area contributed by atoms with Gasteiger partial charge in [-0.3, -0.25) is 0 Å². The summed E-state index contributed by atoms with van der Waals surface area (Å²) in [6.45, 7) is 0. The van der Waals surface area contributed by atoms with E-state index in [2.05, 4.69) is 33.2 Å². The van der Waals surface area contributed by atoms with Crippen LogP contribution in [-0.4, -0.2) is 48.7 Å². The molecule has 1 heterocycles. The summed E-state index contributed by atoms with van der Waals surface area (Å²) in [5.41, 5.74) is 0.0810. The van der Waals surface area contributed by atoms with Crippen LogP contribution in [0.1, 0.15) is 10.5 Å². The number of quaternary nitrogens is 1. The lowest BCUT2D eigenvalue weighted by Gasteiger charge is -2.14. The van der Waals surface area contributed by atoms with E-state index in [4.69, 9.17) is 5.11 Å². The third kappa shape index (κ3) is 8.67. The number of nitrogens with zero attached hydrogens (tertiary/aromatic N) is 2. The molecule has 1 rings (SSSR count). The smallest absolute Gasteiger partial charge is 0.354 e. The molecule has 0 fully saturated rings. The van der Waals surface area contributed by atoms with Crippen molar-refractivity contribution in [2.45, 2.75) is 0 Å². The van der Waals surface area contributed by atoms with E-state index in [1.165, 1.54) is 12.3 Å². The Morgan fingerprint density at radius 1 is 1.29 bits per heavy atom. The van der Waals surface area contributed by atoms with Crippen LogP contribution in [0.25, 0.3) is 0 Å². The van der Waals surface area contributed by atoms with Gasteiger partial charge in [-0.15, -0.1) is 0 Å². The predicted octanol–water partition coefficient (Wildman–Crippen LogP) is 1.10. The van der Waals surface area contributed by atoms with Crippen LogP contribution >= 0.6 is 0 Å². The molecule has 0 amide bonds. The van der Waals surface area contributed by atoms with Crippen molar-refractivity contribution in [2.24, 2.45) is 0 Å². The van der Waals surface area contributed by atoms with Crippen LogP contribution in [0.4, 0.5) is 0 Å². The minimum atomic E-state index is -0.990. The first-order valence-electron chi connectivity index (χ1n) is 4.24. The first-order valence-corrected chi connectivity index (χ1v) is 4.24. The number of carboxylic acids is 1.